The first kappa shape index (κ1) is 10.5. The topological polar surface area (TPSA) is 46.5 Å². The number of benzene rings is 1. The molecule has 3 nitrogen and oxygen atoms in total. The fraction of sp³-hybridized carbons (Fsp3) is 0.182. The average Bonchev–Trinajstić information content (AvgIpc) is 2.26. The molecule has 1 rings (SSSR count). The van der Waals surface area contributed by atoms with Crippen LogP contribution < -0.4 is 0 Å². The summed E-state index contributed by atoms with van der Waals surface area (Å²) in [6.45, 7) is 0. The molecule has 0 saturated carbocycles. The Morgan fingerprint density at radius 3 is 2.64 bits per heavy atom. The van der Waals surface area contributed by atoms with Crippen molar-refractivity contribution in [3.63, 3.8) is 0 Å². The molecule has 0 radical (unpaired) electrons. The third-order valence-corrected chi connectivity index (χ3v) is 1.76. The highest BCUT2D eigenvalue weighted by atomic mass is 16.5. The van der Waals surface area contributed by atoms with Crippen LogP contribution in [0.5, 0.6) is 0 Å². The van der Waals surface area contributed by atoms with Crippen LogP contribution in [0.2, 0.25) is 0 Å². The second-order valence-electron chi connectivity index (χ2n) is 2.74. The van der Waals surface area contributed by atoms with E-state index in [0.29, 0.717) is 0 Å². The summed E-state index contributed by atoms with van der Waals surface area (Å²) in [6.07, 6.45) is 1.83. The predicted octanol–water partition coefficient (Wildman–Crippen LogP) is 1.45. The summed E-state index contributed by atoms with van der Waals surface area (Å²) in [5.41, 5.74) is 0.743. The van der Waals surface area contributed by atoms with Crippen LogP contribution in [-0.2, 0) is 9.53 Å². The van der Waals surface area contributed by atoms with Gasteiger partial charge in [0, 0.05) is 6.08 Å². The van der Waals surface area contributed by atoms with Crippen LogP contribution in [0.3, 0.4) is 0 Å². The summed E-state index contributed by atoms with van der Waals surface area (Å²) < 4.78 is 4.40. The molecule has 0 spiro atoms. The molecule has 74 valence electrons. The van der Waals surface area contributed by atoms with Gasteiger partial charge in [0.1, 0.15) is 0 Å². The highest BCUT2D eigenvalue weighted by Crippen LogP contribution is 2.12. The zero-order valence-electron chi connectivity index (χ0n) is 7.88. The molecule has 3 heteroatoms. The van der Waals surface area contributed by atoms with Crippen LogP contribution in [0.1, 0.15) is 11.7 Å². The maximum atomic E-state index is 10.7. The molecule has 1 aromatic rings. The van der Waals surface area contributed by atoms with Crippen LogP contribution in [0.15, 0.2) is 42.5 Å². The minimum absolute atomic E-state index is 0.472. The van der Waals surface area contributed by atoms with Crippen LogP contribution in [0, 0.1) is 0 Å². The molecule has 0 aliphatic carbocycles. The molecule has 0 unspecified atom stereocenters. The number of hydrogen-bond acceptors (Lipinski definition) is 3. The van der Waals surface area contributed by atoms with E-state index in [1.807, 2.05) is 18.2 Å². The van der Waals surface area contributed by atoms with Crippen molar-refractivity contribution in [2.45, 2.75) is 6.10 Å². The molecular weight excluding hydrogens is 180 g/mol. The first-order valence-electron chi connectivity index (χ1n) is 4.23. The number of methoxy groups -OCH3 is 1. The Hall–Kier alpha value is -1.61. The molecule has 0 aromatic heterocycles. The lowest BCUT2D eigenvalue weighted by molar-refractivity contribution is -0.134. The highest BCUT2D eigenvalue weighted by Gasteiger charge is 2.02. The van der Waals surface area contributed by atoms with E-state index < -0.39 is 12.1 Å². The van der Waals surface area contributed by atoms with Crippen molar-refractivity contribution in [2.24, 2.45) is 0 Å². The fourth-order valence-corrected chi connectivity index (χ4v) is 0.999. The summed E-state index contributed by atoms with van der Waals surface area (Å²) in [5, 5.41) is 9.57. The number of esters is 1. The van der Waals surface area contributed by atoms with Gasteiger partial charge in [-0.05, 0) is 11.6 Å². The molecule has 0 amide bonds. The maximum absolute atomic E-state index is 10.7. The van der Waals surface area contributed by atoms with Crippen molar-refractivity contribution in [1.82, 2.24) is 0 Å². The van der Waals surface area contributed by atoms with Crippen molar-refractivity contribution < 1.29 is 14.6 Å². The quantitative estimate of drug-likeness (QED) is 0.582. The van der Waals surface area contributed by atoms with E-state index in [1.54, 1.807) is 12.1 Å². The van der Waals surface area contributed by atoms with Gasteiger partial charge in [-0.3, -0.25) is 0 Å². The molecule has 0 saturated heterocycles. The number of carbonyl (C=O) groups is 1. The van der Waals surface area contributed by atoms with E-state index in [1.165, 1.54) is 19.3 Å². The second kappa shape index (κ2) is 5.19. The molecule has 0 fully saturated rings. The lowest BCUT2D eigenvalue weighted by Crippen LogP contribution is -1.97. The number of aliphatic hydroxyl groups is 1. The van der Waals surface area contributed by atoms with Gasteiger partial charge in [-0.25, -0.2) is 4.79 Å². The fourth-order valence-electron chi connectivity index (χ4n) is 0.999. The van der Waals surface area contributed by atoms with Gasteiger partial charge >= 0.3 is 5.97 Å². The molecule has 14 heavy (non-hydrogen) atoms. The van der Waals surface area contributed by atoms with Crippen molar-refractivity contribution in [2.75, 3.05) is 7.11 Å². The Labute approximate surface area is 82.6 Å². The molecule has 0 heterocycles. The Morgan fingerprint density at radius 2 is 2.07 bits per heavy atom. The van der Waals surface area contributed by atoms with Gasteiger partial charge in [0.15, 0.2) is 0 Å². The Kier molecular flexibility index (Phi) is 3.88. The predicted molar refractivity (Wildman–Crippen MR) is 52.6 cm³/mol. The molecule has 0 aliphatic rings. The van der Waals surface area contributed by atoms with E-state index in [2.05, 4.69) is 4.74 Å². The molecular formula is C11H12O3. The summed E-state index contributed by atoms with van der Waals surface area (Å²) in [7, 11) is 1.29. The Morgan fingerprint density at radius 1 is 1.43 bits per heavy atom. The van der Waals surface area contributed by atoms with E-state index in [4.69, 9.17) is 0 Å². The smallest absolute Gasteiger partial charge is 0.330 e. The van der Waals surface area contributed by atoms with Gasteiger partial charge in [-0.2, -0.15) is 0 Å². The van der Waals surface area contributed by atoms with E-state index >= 15 is 0 Å². The van der Waals surface area contributed by atoms with Gasteiger partial charge in [-0.1, -0.05) is 30.3 Å². The van der Waals surface area contributed by atoms with Gasteiger partial charge < -0.3 is 9.84 Å². The molecule has 1 atom stereocenters. The standard InChI is InChI=1S/C11H12O3/c1-14-11(13)8-7-10(12)9-5-3-2-4-6-9/h2-8,10,12H,1H3/b8-7+/t10-/m0/s1. The van der Waals surface area contributed by atoms with E-state index in [9.17, 15) is 9.90 Å². The van der Waals surface area contributed by atoms with Gasteiger partial charge in [0.25, 0.3) is 0 Å². The van der Waals surface area contributed by atoms with Crippen LogP contribution in [0.25, 0.3) is 0 Å². The number of hydrogen-bond donors (Lipinski definition) is 1. The molecule has 1 aromatic carbocycles. The minimum atomic E-state index is -0.768. The maximum Gasteiger partial charge on any atom is 0.330 e. The second-order valence-corrected chi connectivity index (χ2v) is 2.74. The summed E-state index contributed by atoms with van der Waals surface area (Å²) in [5.74, 6) is -0.472. The van der Waals surface area contributed by atoms with Crippen molar-refractivity contribution >= 4 is 5.97 Å². The van der Waals surface area contributed by atoms with Crippen LogP contribution in [-0.4, -0.2) is 18.2 Å². The zero-order valence-corrected chi connectivity index (χ0v) is 7.88. The summed E-state index contributed by atoms with van der Waals surface area (Å²) >= 11 is 0. The SMILES string of the molecule is COC(=O)/C=C/[C@H](O)c1ccccc1. The van der Waals surface area contributed by atoms with Gasteiger partial charge in [-0.15, -0.1) is 0 Å². The first-order chi connectivity index (χ1) is 6.74. The lowest BCUT2D eigenvalue weighted by atomic mass is 10.1. The number of rotatable bonds is 3. The Bertz CT molecular complexity index is 317. The van der Waals surface area contributed by atoms with E-state index in [0.717, 1.165) is 5.56 Å². The number of aliphatic hydroxyl groups excluding tert-OH is 1. The van der Waals surface area contributed by atoms with Crippen LogP contribution in [0.4, 0.5) is 0 Å². The first-order valence-corrected chi connectivity index (χ1v) is 4.23. The molecule has 0 bridgehead atoms. The molecule has 0 aliphatic heterocycles. The lowest BCUT2D eigenvalue weighted by Gasteiger charge is -2.04. The highest BCUT2D eigenvalue weighted by molar-refractivity contribution is 5.81. The summed E-state index contributed by atoms with van der Waals surface area (Å²) in [6, 6.07) is 9.08. The number of carbonyl (C=O) groups excluding carboxylic acids is 1. The van der Waals surface area contributed by atoms with Gasteiger partial charge in [0.05, 0.1) is 13.2 Å². The zero-order chi connectivity index (χ0) is 10.4. The average molecular weight is 192 g/mol. The minimum Gasteiger partial charge on any atom is -0.466 e. The van der Waals surface area contributed by atoms with Gasteiger partial charge in [0.2, 0.25) is 0 Å². The largest absolute Gasteiger partial charge is 0.466 e. The monoisotopic (exact) mass is 192 g/mol. The van der Waals surface area contributed by atoms with Crippen molar-refractivity contribution in [3.05, 3.63) is 48.0 Å². The number of ether oxygens (including phenoxy) is 1. The normalized spacial score (nSPS) is 12.7. The van der Waals surface area contributed by atoms with Crippen molar-refractivity contribution in [3.8, 4) is 0 Å². The third kappa shape index (κ3) is 3.03. The van der Waals surface area contributed by atoms with E-state index in [-0.39, 0.29) is 0 Å². The molecule has 1 N–H and O–H groups in total. The van der Waals surface area contributed by atoms with Crippen molar-refractivity contribution in [1.29, 1.82) is 0 Å². The third-order valence-electron chi connectivity index (χ3n) is 1.76. The Balaban J connectivity index is 2.63. The van der Waals surface area contributed by atoms with Crippen LogP contribution >= 0.6 is 0 Å². The summed E-state index contributed by atoms with van der Waals surface area (Å²) in [4.78, 5) is 10.7.